The summed E-state index contributed by atoms with van der Waals surface area (Å²) < 4.78 is 4.94. The Hall–Kier alpha value is -0.650. The summed E-state index contributed by atoms with van der Waals surface area (Å²) in [5, 5.41) is 13.1. The minimum absolute atomic E-state index is 0.0992. The fraction of sp³-hybridized carbons (Fsp3) is 0.900. The minimum Gasteiger partial charge on any atom is -0.387 e. The first-order chi connectivity index (χ1) is 6.98. The monoisotopic (exact) mass is 216 g/mol. The van der Waals surface area contributed by atoms with E-state index in [1.54, 1.807) is 14.0 Å². The molecule has 1 heterocycles. The van der Waals surface area contributed by atoms with Crippen LogP contribution in [0.2, 0.25) is 0 Å². The summed E-state index contributed by atoms with van der Waals surface area (Å²) in [4.78, 5) is 13.2. The topological polar surface area (TPSA) is 61.8 Å². The van der Waals surface area contributed by atoms with Gasteiger partial charge in [-0.15, -0.1) is 0 Å². The molecule has 2 N–H and O–H groups in total. The molecule has 0 radical (unpaired) electrons. The van der Waals surface area contributed by atoms with E-state index in [-0.39, 0.29) is 5.91 Å². The number of ether oxygens (including phenoxy) is 1. The summed E-state index contributed by atoms with van der Waals surface area (Å²) in [6.45, 7) is 3.41. The van der Waals surface area contributed by atoms with Crippen LogP contribution >= 0.6 is 0 Å². The van der Waals surface area contributed by atoms with Crippen molar-refractivity contribution in [1.29, 1.82) is 0 Å². The van der Waals surface area contributed by atoms with Crippen LogP contribution in [0.15, 0.2) is 0 Å². The third-order valence-corrected chi connectivity index (χ3v) is 2.83. The number of carbonyl (C=O) groups is 1. The highest BCUT2D eigenvalue weighted by molar-refractivity contribution is 5.80. The van der Waals surface area contributed by atoms with Crippen molar-refractivity contribution < 1.29 is 14.6 Å². The molecule has 0 aromatic carbocycles. The third kappa shape index (κ3) is 3.15. The van der Waals surface area contributed by atoms with Crippen molar-refractivity contribution in [1.82, 2.24) is 10.2 Å². The molecule has 1 aliphatic rings. The average Bonchev–Trinajstić information content (AvgIpc) is 2.62. The molecule has 1 rings (SSSR count). The van der Waals surface area contributed by atoms with Gasteiger partial charge in [-0.25, -0.2) is 0 Å². The van der Waals surface area contributed by atoms with Gasteiger partial charge in [0.15, 0.2) is 0 Å². The third-order valence-electron chi connectivity index (χ3n) is 2.83. The average molecular weight is 216 g/mol. The Balaban J connectivity index is 2.47. The first-order valence-electron chi connectivity index (χ1n) is 5.19. The van der Waals surface area contributed by atoms with Gasteiger partial charge in [-0.2, -0.15) is 0 Å². The van der Waals surface area contributed by atoms with E-state index in [4.69, 9.17) is 4.74 Å². The molecule has 0 saturated carbocycles. The molecule has 5 heteroatoms. The van der Waals surface area contributed by atoms with Crippen molar-refractivity contribution in [3.63, 3.8) is 0 Å². The Labute approximate surface area is 90.4 Å². The molecular formula is C10H20N2O3. The van der Waals surface area contributed by atoms with E-state index in [9.17, 15) is 9.90 Å². The van der Waals surface area contributed by atoms with Crippen LogP contribution in [0.5, 0.6) is 0 Å². The van der Waals surface area contributed by atoms with Crippen LogP contribution in [0.3, 0.4) is 0 Å². The molecule has 5 nitrogen and oxygen atoms in total. The first-order valence-corrected chi connectivity index (χ1v) is 5.19. The molecule has 0 bridgehead atoms. The van der Waals surface area contributed by atoms with Crippen LogP contribution in [0.4, 0.5) is 0 Å². The maximum atomic E-state index is 11.7. The molecule has 88 valence electrons. The second-order valence-electron chi connectivity index (χ2n) is 4.22. The van der Waals surface area contributed by atoms with E-state index in [0.29, 0.717) is 19.5 Å². The Morgan fingerprint density at radius 2 is 2.40 bits per heavy atom. The summed E-state index contributed by atoms with van der Waals surface area (Å²) in [6, 6.07) is 0. The summed E-state index contributed by atoms with van der Waals surface area (Å²) in [6.07, 6.45) is 0.236. The zero-order chi connectivity index (χ0) is 11.5. The molecule has 15 heavy (non-hydrogen) atoms. The molecule has 0 aliphatic carbocycles. The summed E-state index contributed by atoms with van der Waals surface area (Å²) in [5.74, 6) is -0.0992. The standard InChI is InChI=1S/C10H20N2O3/c1-8(15-3)9(13)12(2)7-10(14)4-5-11-6-10/h8,11,14H,4-7H2,1-3H3. The van der Waals surface area contributed by atoms with Crippen molar-refractivity contribution >= 4 is 5.91 Å². The SMILES string of the molecule is COC(C)C(=O)N(C)CC1(O)CCNC1. The summed E-state index contributed by atoms with van der Waals surface area (Å²) in [5.41, 5.74) is -0.780. The zero-order valence-electron chi connectivity index (χ0n) is 9.62. The molecule has 0 aromatic heterocycles. The van der Waals surface area contributed by atoms with Gasteiger partial charge in [0.2, 0.25) is 0 Å². The number of rotatable bonds is 4. The minimum atomic E-state index is -0.780. The van der Waals surface area contributed by atoms with Crippen molar-refractivity contribution in [3.8, 4) is 0 Å². The first kappa shape index (κ1) is 12.4. The predicted molar refractivity (Wildman–Crippen MR) is 56.5 cm³/mol. The van der Waals surface area contributed by atoms with Crippen molar-refractivity contribution in [2.45, 2.75) is 25.0 Å². The van der Waals surface area contributed by atoms with Gasteiger partial charge in [-0.3, -0.25) is 4.79 Å². The second kappa shape index (κ2) is 4.92. The molecular weight excluding hydrogens is 196 g/mol. The lowest BCUT2D eigenvalue weighted by Crippen LogP contribution is -2.47. The van der Waals surface area contributed by atoms with Gasteiger partial charge in [0, 0.05) is 20.7 Å². The lowest BCUT2D eigenvalue weighted by atomic mass is 10.0. The molecule has 1 fully saturated rings. The fourth-order valence-corrected chi connectivity index (χ4v) is 1.80. The van der Waals surface area contributed by atoms with Gasteiger partial charge in [-0.05, 0) is 19.9 Å². The number of nitrogens with one attached hydrogen (secondary N) is 1. The predicted octanol–water partition coefficient (Wildman–Crippen LogP) is -0.796. The van der Waals surface area contributed by atoms with E-state index in [0.717, 1.165) is 6.54 Å². The smallest absolute Gasteiger partial charge is 0.251 e. The van der Waals surface area contributed by atoms with Crippen molar-refractivity contribution in [2.24, 2.45) is 0 Å². The van der Waals surface area contributed by atoms with Gasteiger partial charge in [-0.1, -0.05) is 0 Å². The number of carbonyl (C=O) groups excluding carboxylic acids is 1. The largest absolute Gasteiger partial charge is 0.387 e. The maximum Gasteiger partial charge on any atom is 0.251 e. The van der Waals surface area contributed by atoms with Gasteiger partial charge in [0.1, 0.15) is 6.10 Å². The van der Waals surface area contributed by atoms with E-state index in [2.05, 4.69) is 5.32 Å². The van der Waals surface area contributed by atoms with Crippen LogP contribution < -0.4 is 5.32 Å². The number of amides is 1. The van der Waals surface area contributed by atoms with Crippen molar-refractivity contribution in [2.75, 3.05) is 33.8 Å². The Kier molecular flexibility index (Phi) is 4.07. The Morgan fingerprint density at radius 1 is 1.73 bits per heavy atom. The van der Waals surface area contributed by atoms with Gasteiger partial charge < -0.3 is 20.1 Å². The number of likely N-dealkylation sites (N-methyl/N-ethyl adjacent to an activating group) is 1. The van der Waals surface area contributed by atoms with E-state index >= 15 is 0 Å². The van der Waals surface area contributed by atoms with Gasteiger partial charge in [0.05, 0.1) is 12.1 Å². The number of β-amino-alcohol motifs (C(OH)–C–C–N with tert-alkyl or cyclic N) is 1. The highest BCUT2D eigenvalue weighted by Crippen LogP contribution is 2.15. The molecule has 2 atom stereocenters. The number of hydrogen-bond acceptors (Lipinski definition) is 4. The molecule has 2 unspecified atom stereocenters. The van der Waals surface area contributed by atoms with Crippen LogP contribution in [0.25, 0.3) is 0 Å². The highest BCUT2D eigenvalue weighted by atomic mass is 16.5. The summed E-state index contributed by atoms with van der Waals surface area (Å²) >= 11 is 0. The Bertz CT molecular complexity index is 227. The molecule has 1 amide bonds. The van der Waals surface area contributed by atoms with Gasteiger partial charge in [0.25, 0.3) is 5.91 Å². The van der Waals surface area contributed by atoms with E-state index in [1.165, 1.54) is 12.0 Å². The van der Waals surface area contributed by atoms with E-state index in [1.807, 2.05) is 0 Å². The molecule has 1 saturated heterocycles. The lowest BCUT2D eigenvalue weighted by molar-refractivity contribution is -0.142. The lowest BCUT2D eigenvalue weighted by Gasteiger charge is -2.29. The van der Waals surface area contributed by atoms with E-state index < -0.39 is 11.7 Å². The number of methoxy groups -OCH3 is 1. The van der Waals surface area contributed by atoms with Gasteiger partial charge >= 0.3 is 0 Å². The van der Waals surface area contributed by atoms with Crippen LogP contribution in [0, 0.1) is 0 Å². The number of nitrogens with zero attached hydrogens (tertiary/aromatic N) is 1. The molecule has 0 aromatic rings. The quantitative estimate of drug-likeness (QED) is 0.646. The normalized spacial score (nSPS) is 27.7. The maximum absolute atomic E-state index is 11.7. The highest BCUT2D eigenvalue weighted by Gasteiger charge is 2.34. The Morgan fingerprint density at radius 3 is 2.87 bits per heavy atom. The second-order valence-corrected chi connectivity index (χ2v) is 4.22. The zero-order valence-corrected chi connectivity index (χ0v) is 9.62. The summed E-state index contributed by atoms with van der Waals surface area (Å²) in [7, 11) is 3.19. The molecule has 0 spiro atoms. The van der Waals surface area contributed by atoms with Crippen LogP contribution in [-0.4, -0.2) is 61.4 Å². The van der Waals surface area contributed by atoms with Crippen molar-refractivity contribution in [3.05, 3.63) is 0 Å². The molecule has 1 aliphatic heterocycles. The van der Waals surface area contributed by atoms with Crippen LogP contribution in [-0.2, 0) is 9.53 Å². The van der Waals surface area contributed by atoms with Crippen LogP contribution in [0.1, 0.15) is 13.3 Å². The fourth-order valence-electron chi connectivity index (χ4n) is 1.80. The number of aliphatic hydroxyl groups is 1. The number of hydrogen-bond donors (Lipinski definition) is 2.